The first-order valence-corrected chi connectivity index (χ1v) is 6.04. The molecule has 0 heterocycles. The Morgan fingerprint density at radius 3 is 2.47 bits per heavy atom. The fraction of sp³-hybridized carbons (Fsp3) is 0.125. The molecule has 2 aromatic carbocycles. The second-order valence-corrected chi connectivity index (χ2v) is 4.15. The van der Waals surface area contributed by atoms with Crippen molar-refractivity contribution in [2.75, 3.05) is 6.61 Å². The van der Waals surface area contributed by atoms with Crippen molar-refractivity contribution in [2.24, 2.45) is 5.18 Å². The van der Waals surface area contributed by atoms with Crippen LogP contribution in [0.2, 0.25) is 0 Å². The van der Waals surface area contributed by atoms with E-state index in [0.29, 0.717) is 12.4 Å². The van der Waals surface area contributed by atoms with Crippen LogP contribution in [0.1, 0.15) is 11.1 Å². The van der Waals surface area contributed by atoms with E-state index in [-0.39, 0.29) is 6.54 Å². The van der Waals surface area contributed by atoms with Crippen molar-refractivity contribution >= 4 is 5.57 Å². The molecular weight excluding hydrogens is 238 g/mol. The molecule has 0 atom stereocenters. The Hall–Kier alpha value is -2.42. The van der Waals surface area contributed by atoms with E-state index >= 15 is 0 Å². The van der Waals surface area contributed by atoms with E-state index in [4.69, 9.17) is 4.74 Å². The van der Waals surface area contributed by atoms with E-state index in [1.54, 1.807) is 0 Å². The molecular formula is C16H15NO2. The first-order chi connectivity index (χ1) is 9.31. The first kappa shape index (κ1) is 13.0. The van der Waals surface area contributed by atoms with Crippen LogP contribution in [-0.2, 0) is 6.54 Å². The summed E-state index contributed by atoms with van der Waals surface area (Å²) in [5.41, 5.74) is 2.74. The minimum absolute atomic E-state index is 0.119. The SMILES string of the molecule is C=C(COc1ccccc1CN=O)c1ccccc1. The van der Waals surface area contributed by atoms with Crippen LogP contribution >= 0.6 is 0 Å². The lowest BCUT2D eigenvalue weighted by atomic mass is 10.1. The van der Waals surface area contributed by atoms with E-state index in [1.165, 1.54) is 0 Å². The fourth-order valence-electron chi connectivity index (χ4n) is 1.77. The van der Waals surface area contributed by atoms with Crippen LogP contribution in [0.4, 0.5) is 0 Å². The number of hydrogen-bond acceptors (Lipinski definition) is 3. The van der Waals surface area contributed by atoms with E-state index < -0.39 is 0 Å². The number of nitroso groups, excluding NO2 is 1. The van der Waals surface area contributed by atoms with Gasteiger partial charge in [-0.1, -0.05) is 60.3 Å². The molecule has 0 radical (unpaired) electrons. The number of nitrogens with zero attached hydrogens (tertiary/aromatic N) is 1. The van der Waals surface area contributed by atoms with Gasteiger partial charge in [0.25, 0.3) is 0 Å². The smallest absolute Gasteiger partial charge is 0.125 e. The molecule has 19 heavy (non-hydrogen) atoms. The van der Waals surface area contributed by atoms with Gasteiger partial charge in [0.15, 0.2) is 0 Å². The van der Waals surface area contributed by atoms with Crippen molar-refractivity contribution in [3.8, 4) is 5.75 Å². The Morgan fingerprint density at radius 2 is 1.74 bits per heavy atom. The zero-order valence-corrected chi connectivity index (χ0v) is 10.6. The van der Waals surface area contributed by atoms with Crippen molar-refractivity contribution in [1.29, 1.82) is 0 Å². The van der Waals surface area contributed by atoms with Crippen LogP contribution in [0.25, 0.3) is 5.57 Å². The lowest BCUT2D eigenvalue weighted by Gasteiger charge is -2.11. The molecule has 0 saturated carbocycles. The highest BCUT2D eigenvalue weighted by molar-refractivity contribution is 5.64. The maximum Gasteiger partial charge on any atom is 0.125 e. The van der Waals surface area contributed by atoms with Crippen LogP contribution in [0, 0.1) is 4.91 Å². The van der Waals surface area contributed by atoms with Crippen molar-refractivity contribution in [3.63, 3.8) is 0 Å². The molecule has 2 aromatic rings. The Kier molecular flexibility index (Phi) is 4.45. The van der Waals surface area contributed by atoms with Crippen LogP contribution in [0.15, 0.2) is 66.4 Å². The van der Waals surface area contributed by atoms with Crippen molar-refractivity contribution in [3.05, 3.63) is 77.2 Å². The Bertz CT molecular complexity index is 564. The number of hydrogen-bond donors (Lipinski definition) is 0. The van der Waals surface area contributed by atoms with Crippen LogP contribution in [0.5, 0.6) is 5.75 Å². The van der Waals surface area contributed by atoms with E-state index in [9.17, 15) is 4.91 Å². The van der Waals surface area contributed by atoms with E-state index in [2.05, 4.69) is 11.8 Å². The highest BCUT2D eigenvalue weighted by Gasteiger charge is 2.04. The number of para-hydroxylation sites is 1. The molecule has 96 valence electrons. The third kappa shape index (κ3) is 3.52. The summed E-state index contributed by atoms with van der Waals surface area (Å²) in [7, 11) is 0. The first-order valence-electron chi connectivity index (χ1n) is 6.04. The third-order valence-corrected chi connectivity index (χ3v) is 2.79. The monoisotopic (exact) mass is 253 g/mol. The lowest BCUT2D eigenvalue weighted by molar-refractivity contribution is 0.366. The third-order valence-electron chi connectivity index (χ3n) is 2.79. The molecule has 0 saturated heterocycles. The Balaban J connectivity index is 2.03. The van der Waals surface area contributed by atoms with Gasteiger partial charge in [-0.25, -0.2) is 0 Å². The van der Waals surface area contributed by atoms with Gasteiger partial charge >= 0.3 is 0 Å². The Morgan fingerprint density at radius 1 is 1.05 bits per heavy atom. The molecule has 0 aliphatic rings. The van der Waals surface area contributed by atoms with Gasteiger partial charge in [0.2, 0.25) is 0 Å². The molecule has 3 nitrogen and oxygen atoms in total. The summed E-state index contributed by atoms with van der Waals surface area (Å²) < 4.78 is 5.71. The van der Waals surface area contributed by atoms with Gasteiger partial charge in [0.05, 0.1) is 0 Å². The molecule has 0 N–H and O–H groups in total. The van der Waals surface area contributed by atoms with Crippen LogP contribution in [0.3, 0.4) is 0 Å². The molecule has 2 rings (SSSR count). The minimum atomic E-state index is 0.119. The predicted molar refractivity (Wildman–Crippen MR) is 76.9 cm³/mol. The maximum absolute atomic E-state index is 10.4. The minimum Gasteiger partial charge on any atom is -0.489 e. The molecule has 0 fully saturated rings. The maximum atomic E-state index is 10.4. The second-order valence-electron chi connectivity index (χ2n) is 4.15. The molecule has 0 spiro atoms. The normalized spacial score (nSPS) is 9.89. The summed E-state index contributed by atoms with van der Waals surface area (Å²) >= 11 is 0. The largest absolute Gasteiger partial charge is 0.489 e. The predicted octanol–water partition coefficient (Wildman–Crippen LogP) is 4.05. The van der Waals surface area contributed by atoms with Gasteiger partial charge in [-0.2, -0.15) is 4.91 Å². The highest BCUT2D eigenvalue weighted by Crippen LogP contribution is 2.21. The summed E-state index contributed by atoms with van der Waals surface area (Å²) in [6.45, 7) is 4.51. The quantitative estimate of drug-likeness (QED) is 0.728. The number of rotatable bonds is 6. The Labute approximate surface area is 112 Å². The van der Waals surface area contributed by atoms with E-state index in [0.717, 1.165) is 16.7 Å². The molecule has 0 amide bonds. The molecule has 0 aliphatic carbocycles. The zero-order valence-electron chi connectivity index (χ0n) is 10.6. The zero-order chi connectivity index (χ0) is 13.5. The summed E-state index contributed by atoms with van der Waals surface area (Å²) in [5, 5.41) is 2.90. The molecule has 3 heteroatoms. The lowest BCUT2D eigenvalue weighted by Crippen LogP contribution is -2.01. The van der Waals surface area contributed by atoms with Crippen molar-refractivity contribution < 1.29 is 4.74 Å². The summed E-state index contributed by atoms with van der Waals surface area (Å²) in [6.07, 6.45) is 0. The topological polar surface area (TPSA) is 38.7 Å². The van der Waals surface area contributed by atoms with Gasteiger partial charge in [0.1, 0.15) is 18.9 Å². The average molecular weight is 253 g/mol. The van der Waals surface area contributed by atoms with Crippen molar-refractivity contribution in [1.82, 2.24) is 0 Å². The molecule has 0 aromatic heterocycles. The summed E-state index contributed by atoms with van der Waals surface area (Å²) in [4.78, 5) is 10.4. The van der Waals surface area contributed by atoms with E-state index in [1.807, 2.05) is 54.6 Å². The van der Waals surface area contributed by atoms with Gasteiger partial charge < -0.3 is 4.74 Å². The van der Waals surface area contributed by atoms with Crippen molar-refractivity contribution in [2.45, 2.75) is 6.54 Å². The fourth-order valence-corrected chi connectivity index (χ4v) is 1.77. The van der Waals surface area contributed by atoms with Gasteiger partial charge in [-0.3, -0.25) is 0 Å². The molecule has 0 aliphatic heterocycles. The second kappa shape index (κ2) is 6.50. The number of benzene rings is 2. The number of ether oxygens (including phenoxy) is 1. The summed E-state index contributed by atoms with van der Waals surface area (Å²) in [6, 6.07) is 17.3. The van der Waals surface area contributed by atoms with Crippen LogP contribution < -0.4 is 4.74 Å². The average Bonchev–Trinajstić information content (AvgIpc) is 2.47. The molecule has 0 bridgehead atoms. The highest BCUT2D eigenvalue weighted by atomic mass is 16.5. The standard InChI is InChI=1S/C16H15NO2/c1-13(14-7-3-2-4-8-14)12-19-16-10-6-5-9-15(16)11-17-18/h2-10H,1,11-12H2. The van der Waals surface area contributed by atoms with Crippen LogP contribution in [-0.4, -0.2) is 6.61 Å². The van der Waals surface area contributed by atoms with Gasteiger partial charge in [-0.15, -0.1) is 0 Å². The molecule has 0 unspecified atom stereocenters. The van der Waals surface area contributed by atoms with Gasteiger partial charge in [-0.05, 0) is 17.2 Å². The summed E-state index contributed by atoms with van der Waals surface area (Å²) in [5.74, 6) is 0.680. The van der Waals surface area contributed by atoms with Gasteiger partial charge in [0, 0.05) is 5.56 Å².